The molecule has 5 heteroatoms. The molecule has 0 aliphatic rings. The van der Waals surface area contributed by atoms with Crippen LogP contribution in [0.3, 0.4) is 0 Å². The van der Waals surface area contributed by atoms with Crippen LogP contribution in [0, 0.1) is 0 Å². The van der Waals surface area contributed by atoms with E-state index in [4.69, 9.17) is 0 Å². The molecule has 2 heterocycles. The number of para-hydroxylation sites is 1. The first-order chi connectivity index (χ1) is 6.86. The van der Waals surface area contributed by atoms with Crippen molar-refractivity contribution in [1.29, 1.82) is 0 Å². The van der Waals surface area contributed by atoms with Crippen molar-refractivity contribution in [2.24, 2.45) is 0 Å². The summed E-state index contributed by atoms with van der Waals surface area (Å²) in [5.41, 5.74) is 0.914. The molecule has 0 unspecified atom stereocenters. The topological polar surface area (TPSA) is 32.9 Å². The molecule has 0 spiro atoms. The van der Waals surface area contributed by atoms with Crippen molar-refractivity contribution in [1.82, 2.24) is 4.98 Å². The van der Waals surface area contributed by atoms with Crippen LogP contribution in [0.4, 0.5) is 0 Å². The molecule has 0 saturated heterocycles. The SMILES string of the molecule is Cl.Cl.O=c1[nH]c2ccccc2c2ccsc12. The number of H-pyrrole nitrogens is 1. The highest BCUT2D eigenvalue weighted by molar-refractivity contribution is 7.17. The van der Waals surface area contributed by atoms with Crippen LogP contribution >= 0.6 is 36.2 Å². The molecule has 0 amide bonds. The van der Waals surface area contributed by atoms with Gasteiger partial charge >= 0.3 is 0 Å². The number of halogens is 2. The standard InChI is InChI=1S/C11H7NOS.2ClH/c13-11-10-8(5-6-14-10)7-3-1-2-4-9(7)12-11;;/h1-6H,(H,12,13);2*1H. The van der Waals surface area contributed by atoms with E-state index < -0.39 is 0 Å². The average molecular weight is 274 g/mol. The molecule has 0 aliphatic carbocycles. The lowest BCUT2D eigenvalue weighted by Crippen LogP contribution is -2.03. The third-order valence-corrected chi connectivity index (χ3v) is 3.25. The van der Waals surface area contributed by atoms with Crippen LogP contribution in [-0.2, 0) is 0 Å². The van der Waals surface area contributed by atoms with Crippen LogP contribution in [0.25, 0.3) is 21.0 Å². The summed E-state index contributed by atoms with van der Waals surface area (Å²) in [6.07, 6.45) is 0. The van der Waals surface area contributed by atoms with Gasteiger partial charge in [0.25, 0.3) is 5.56 Å². The molecule has 0 saturated carbocycles. The second kappa shape index (κ2) is 4.87. The minimum Gasteiger partial charge on any atom is -0.321 e. The number of pyridine rings is 1. The van der Waals surface area contributed by atoms with E-state index >= 15 is 0 Å². The monoisotopic (exact) mass is 273 g/mol. The zero-order valence-electron chi connectivity index (χ0n) is 8.10. The van der Waals surface area contributed by atoms with Gasteiger partial charge < -0.3 is 4.98 Å². The van der Waals surface area contributed by atoms with Crippen molar-refractivity contribution in [3.63, 3.8) is 0 Å². The molecular weight excluding hydrogens is 265 g/mol. The second-order valence-electron chi connectivity index (χ2n) is 3.16. The largest absolute Gasteiger partial charge is 0.321 e. The van der Waals surface area contributed by atoms with Gasteiger partial charge in [0.05, 0.1) is 0 Å². The molecule has 2 aromatic heterocycles. The molecule has 16 heavy (non-hydrogen) atoms. The first kappa shape index (κ1) is 13.0. The van der Waals surface area contributed by atoms with Gasteiger partial charge in [-0.15, -0.1) is 36.2 Å². The highest BCUT2D eigenvalue weighted by Crippen LogP contribution is 2.24. The van der Waals surface area contributed by atoms with Crippen LogP contribution in [0.1, 0.15) is 0 Å². The Morgan fingerprint density at radius 1 is 1.00 bits per heavy atom. The summed E-state index contributed by atoms with van der Waals surface area (Å²) < 4.78 is 0.809. The molecule has 0 aliphatic heterocycles. The number of hydrogen-bond acceptors (Lipinski definition) is 2. The highest BCUT2D eigenvalue weighted by atomic mass is 35.5. The third kappa shape index (κ3) is 1.82. The maximum atomic E-state index is 11.6. The minimum atomic E-state index is 0. The number of thiophene rings is 1. The predicted molar refractivity (Wildman–Crippen MR) is 74.4 cm³/mol. The van der Waals surface area contributed by atoms with Crippen LogP contribution in [-0.4, -0.2) is 4.98 Å². The van der Waals surface area contributed by atoms with Crippen molar-refractivity contribution in [2.75, 3.05) is 0 Å². The van der Waals surface area contributed by atoms with Gasteiger partial charge in [-0.1, -0.05) is 18.2 Å². The normalized spacial score (nSPS) is 9.75. The van der Waals surface area contributed by atoms with E-state index in [0.29, 0.717) is 0 Å². The van der Waals surface area contributed by atoms with Crippen LogP contribution < -0.4 is 5.56 Å². The first-order valence-corrected chi connectivity index (χ1v) is 5.22. The van der Waals surface area contributed by atoms with Gasteiger partial charge in [-0.2, -0.15) is 0 Å². The number of hydrogen-bond donors (Lipinski definition) is 1. The second-order valence-corrected chi connectivity index (χ2v) is 4.08. The van der Waals surface area contributed by atoms with E-state index in [9.17, 15) is 4.79 Å². The number of benzene rings is 1. The molecule has 1 aromatic carbocycles. The van der Waals surface area contributed by atoms with E-state index in [1.165, 1.54) is 11.3 Å². The first-order valence-electron chi connectivity index (χ1n) is 4.34. The molecule has 2 nitrogen and oxygen atoms in total. The lowest BCUT2D eigenvalue weighted by molar-refractivity contribution is 1.36. The molecule has 3 aromatic rings. The van der Waals surface area contributed by atoms with E-state index in [0.717, 1.165) is 21.0 Å². The zero-order valence-corrected chi connectivity index (χ0v) is 10.5. The van der Waals surface area contributed by atoms with E-state index in [1.807, 2.05) is 35.7 Å². The zero-order chi connectivity index (χ0) is 9.54. The van der Waals surface area contributed by atoms with Crippen molar-refractivity contribution in [3.05, 3.63) is 46.1 Å². The Kier molecular flexibility index (Phi) is 3.97. The number of aromatic nitrogens is 1. The summed E-state index contributed by atoms with van der Waals surface area (Å²) in [7, 11) is 0. The van der Waals surface area contributed by atoms with Gasteiger partial charge in [0.15, 0.2) is 0 Å². The Morgan fingerprint density at radius 3 is 2.56 bits per heavy atom. The van der Waals surface area contributed by atoms with Gasteiger partial charge in [-0.3, -0.25) is 4.79 Å². The van der Waals surface area contributed by atoms with E-state index in [-0.39, 0.29) is 30.4 Å². The van der Waals surface area contributed by atoms with Crippen molar-refractivity contribution in [3.8, 4) is 0 Å². The Bertz CT molecular complexity index is 674. The van der Waals surface area contributed by atoms with Crippen LogP contribution in [0.5, 0.6) is 0 Å². The smallest absolute Gasteiger partial charge is 0.266 e. The summed E-state index contributed by atoms with van der Waals surface area (Å²) in [5, 5.41) is 4.12. The highest BCUT2D eigenvalue weighted by Gasteiger charge is 2.04. The minimum absolute atomic E-state index is 0. The maximum absolute atomic E-state index is 11.6. The van der Waals surface area contributed by atoms with Crippen LogP contribution in [0.15, 0.2) is 40.5 Å². The molecule has 0 atom stereocenters. The number of rotatable bonds is 0. The van der Waals surface area contributed by atoms with Crippen molar-refractivity contribution < 1.29 is 0 Å². The lowest BCUT2D eigenvalue weighted by Gasteiger charge is -1.97. The molecular formula is C11H9Cl2NOS. The van der Waals surface area contributed by atoms with Gasteiger partial charge in [0.1, 0.15) is 4.70 Å². The average Bonchev–Trinajstić information content (AvgIpc) is 2.67. The summed E-state index contributed by atoms with van der Waals surface area (Å²) in [4.78, 5) is 14.5. The fourth-order valence-corrected chi connectivity index (χ4v) is 2.51. The molecule has 1 N–H and O–H groups in total. The molecule has 0 radical (unpaired) electrons. The Balaban J connectivity index is 0.000000640. The van der Waals surface area contributed by atoms with Gasteiger partial charge in [0.2, 0.25) is 0 Å². The Morgan fingerprint density at radius 2 is 1.75 bits per heavy atom. The Labute approximate surface area is 108 Å². The van der Waals surface area contributed by atoms with Gasteiger partial charge in [0, 0.05) is 16.3 Å². The van der Waals surface area contributed by atoms with Crippen LogP contribution in [0.2, 0.25) is 0 Å². The van der Waals surface area contributed by atoms with E-state index in [1.54, 1.807) is 0 Å². The Hall–Kier alpha value is -1.03. The lowest BCUT2D eigenvalue weighted by atomic mass is 10.1. The van der Waals surface area contributed by atoms with Gasteiger partial charge in [-0.05, 0) is 17.5 Å². The number of fused-ring (bicyclic) bond motifs is 3. The molecule has 0 bridgehead atoms. The molecule has 0 fully saturated rings. The maximum Gasteiger partial charge on any atom is 0.266 e. The third-order valence-electron chi connectivity index (χ3n) is 2.34. The summed E-state index contributed by atoms with van der Waals surface area (Å²) in [5.74, 6) is 0. The number of nitrogens with one attached hydrogen (secondary N) is 1. The number of aromatic amines is 1. The predicted octanol–water partition coefficient (Wildman–Crippen LogP) is 3.59. The fraction of sp³-hybridized carbons (Fsp3) is 0. The fourth-order valence-electron chi connectivity index (χ4n) is 1.70. The summed E-state index contributed by atoms with van der Waals surface area (Å²) in [6.45, 7) is 0. The summed E-state index contributed by atoms with van der Waals surface area (Å²) >= 11 is 1.49. The molecule has 3 rings (SSSR count). The van der Waals surface area contributed by atoms with Gasteiger partial charge in [-0.25, -0.2) is 0 Å². The quantitative estimate of drug-likeness (QED) is 0.667. The van der Waals surface area contributed by atoms with Crippen molar-refractivity contribution in [2.45, 2.75) is 0 Å². The molecule has 84 valence electrons. The summed E-state index contributed by atoms with van der Waals surface area (Å²) in [6, 6.07) is 9.86. The van der Waals surface area contributed by atoms with Crippen molar-refractivity contribution >= 4 is 57.1 Å². The van der Waals surface area contributed by atoms with E-state index in [2.05, 4.69) is 4.98 Å².